The smallest absolute Gasteiger partial charge is 0.243 e. The zero-order chi connectivity index (χ0) is 18.4. The first-order chi connectivity index (χ1) is 13.1. The van der Waals surface area contributed by atoms with Crippen molar-refractivity contribution in [2.75, 3.05) is 11.9 Å². The second kappa shape index (κ2) is 6.22. The largest absolute Gasteiger partial charge is 0.443 e. The molecule has 0 unspecified atom stereocenters. The molecule has 3 heterocycles. The molecule has 3 aromatic rings. The summed E-state index contributed by atoms with van der Waals surface area (Å²) < 4.78 is 5.68. The van der Waals surface area contributed by atoms with Crippen LogP contribution >= 0.6 is 11.3 Å². The van der Waals surface area contributed by atoms with Gasteiger partial charge in [0.25, 0.3) is 0 Å². The Bertz CT molecular complexity index is 1000. The van der Waals surface area contributed by atoms with Crippen molar-refractivity contribution < 1.29 is 4.74 Å². The van der Waals surface area contributed by atoms with Gasteiger partial charge in [0.2, 0.25) is 5.88 Å². The van der Waals surface area contributed by atoms with E-state index in [1.165, 1.54) is 16.9 Å². The van der Waals surface area contributed by atoms with Gasteiger partial charge in [-0.15, -0.1) is 11.3 Å². The van der Waals surface area contributed by atoms with E-state index in [2.05, 4.69) is 47.8 Å². The fourth-order valence-electron chi connectivity index (χ4n) is 3.74. The summed E-state index contributed by atoms with van der Waals surface area (Å²) in [5, 5.41) is 2.09. The second-order valence-corrected chi connectivity index (χ2v) is 8.23. The molecule has 1 fully saturated rings. The first kappa shape index (κ1) is 16.5. The van der Waals surface area contributed by atoms with Crippen LogP contribution in [0.2, 0.25) is 0 Å². The SMILES string of the molecule is CN1C=COc2nc(-c3ccc(C4(N)CCC4)cc3)c(-c3cccs3)cc21. The van der Waals surface area contributed by atoms with Crippen molar-refractivity contribution in [1.82, 2.24) is 4.98 Å². The third-order valence-corrected chi connectivity index (χ3v) is 6.48. The molecule has 5 rings (SSSR count). The van der Waals surface area contributed by atoms with Crippen LogP contribution in [-0.2, 0) is 5.54 Å². The van der Waals surface area contributed by atoms with Gasteiger partial charge in [0, 0.05) is 34.8 Å². The normalized spacial score (nSPS) is 17.2. The number of fused-ring (bicyclic) bond motifs is 1. The van der Waals surface area contributed by atoms with E-state index >= 15 is 0 Å². The average molecular weight is 375 g/mol. The van der Waals surface area contributed by atoms with Crippen LogP contribution in [0.1, 0.15) is 24.8 Å². The number of nitrogens with zero attached hydrogens (tertiary/aromatic N) is 2. The Balaban J connectivity index is 1.63. The fourth-order valence-corrected chi connectivity index (χ4v) is 4.48. The van der Waals surface area contributed by atoms with Gasteiger partial charge < -0.3 is 15.4 Å². The van der Waals surface area contributed by atoms with Gasteiger partial charge in [-0.25, -0.2) is 4.98 Å². The molecule has 0 bridgehead atoms. The highest BCUT2D eigenvalue weighted by Gasteiger charge is 2.34. The minimum Gasteiger partial charge on any atom is -0.443 e. The van der Waals surface area contributed by atoms with Crippen molar-refractivity contribution in [2.45, 2.75) is 24.8 Å². The number of thiophene rings is 1. The van der Waals surface area contributed by atoms with Crippen molar-refractivity contribution in [3.63, 3.8) is 0 Å². The summed E-state index contributed by atoms with van der Waals surface area (Å²) in [6.45, 7) is 0. The number of nitrogens with two attached hydrogens (primary N) is 1. The zero-order valence-corrected chi connectivity index (χ0v) is 16.0. The quantitative estimate of drug-likeness (QED) is 0.691. The Kier molecular flexibility index (Phi) is 3.81. The first-order valence-electron chi connectivity index (χ1n) is 9.19. The Morgan fingerprint density at radius 3 is 2.67 bits per heavy atom. The predicted molar refractivity (Wildman–Crippen MR) is 111 cm³/mol. The van der Waals surface area contributed by atoms with Crippen molar-refractivity contribution in [2.24, 2.45) is 5.73 Å². The van der Waals surface area contributed by atoms with Crippen LogP contribution in [-0.4, -0.2) is 12.0 Å². The highest BCUT2D eigenvalue weighted by Crippen LogP contribution is 2.42. The lowest BCUT2D eigenvalue weighted by Gasteiger charge is -2.38. The molecule has 136 valence electrons. The highest BCUT2D eigenvalue weighted by atomic mass is 32.1. The molecule has 4 nitrogen and oxygen atoms in total. The standard InChI is InChI=1S/C22H21N3OS/c1-25-11-12-26-21-18(25)14-17(19-4-2-13-27-19)20(24-21)15-5-7-16(8-6-15)22(23)9-3-10-22/h2,4-8,11-14H,3,9-10,23H2,1H3. The summed E-state index contributed by atoms with van der Waals surface area (Å²) in [4.78, 5) is 8.10. The predicted octanol–water partition coefficient (Wildman–Crippen LogP) is 5.11. The highest BCUT2D eigenvalue weighted by molar-refractivity contribution is 7.13. The third-order valence-electron chi connectivity index (χ3n) is 5.58. The number of aromatic nitrogens is 1. The van der Waals surface area contributed by atoms with Crippen molar-refractivity contribution in [1.29, 1.82) is 0 Å². The molecule has 0 atom stereocenters. The maximum absolute atomic E-state index is 6.48. The molecule has 1 aliphatic carbocycles. The van der Waals surface area contributed by atoms with E-state index in [1.54, 1.807) is 17.6 Å². The van der Waals surface area contributed by atoms with Gasteiger partial charge in [0.15, 0.2) is 0 Å². The number of rotatable bonds is 3. The molecule has 2 N–H and O–H groups in total. The number of anilines is 1. The Labute approximate surface area is 162 Å². The van der Waals surface area contributed by atoms with Gasteiger partial charge in [0.1, 0.15) is 11.9 Å². The minimum absolute atomic E-state index is 0.144. The number of benzene rings is 1. The molecule has 0 spiro atoms. The van der Waals surface area contributed by atoms with Crippen LogP contribution in [0.3, 0.4) is 0 Å². The Morgan fingerprint density at radius 2 is 2.00 bits per heavy atom. The van der Waals surface area contributed by atoms with E-state index < -0.39 is 0 Å². The van der Waals surface area contributed by atoms with Crippen LogP contribution in [0.15, 0.2) is 60.3 Å². The lowest BCUT2D eigenvalue weighted by atomic mass is 9.72. The van der Waals surface area contributed by atoms with E-state index in [1.807, 2.05) is 18.1 Å². The van der Waals surface area contributed by atoms with Crippen LogP contribution in [0.5, 0.6) is 5.88 Å². The summed E-state index contributed by atoms with van der Waals surface area (Å²) in [6, 6.07) is 14.9. The topological polar surface area (TPSA) is 51.4 Å². The van der Waals surface area contributed by atoms with Gasteiger partial charge in [-0.2, -0.15) is 0 Å². The molecule has 27 heavy (non-hydrogen) atoms. The maximum Gasteiger partial charge on any atom is 0.243 e. The molecule has 0 radical (unpaired) electrons. The van der Waals surface area contributed by atoms with Crippen molar-refractivity contribution >= 4 is 17.0 Å². The summed E-state index contributed by atoms with van der Waals surface area (Å²) >= 11 is 1.72. The molecule has 1 saturated carbocycles. The van der Waals surface area contributed by atoms with E-state index in [-0.39, 0.29) is 5.54 Å². The Hall–Kier alpha value is -2.63. The lowest BCUT2D eigenvalue weighted by Crippen LogP contribution is -2.43. The molecule has 5 heteroatoms. The molecule has 2 aliphatic rings. The van der Waals surface area contributed by atoms with Crippen molar-refractivity contribution in [3.8, 4) is 27.6 Å². The van der Waals surface area contributed by atoms with Crippen LogP contribution in [0.4, 0.5) is 5.69 Å². The monoisotopic (exact) mass is 375 g/mol. The van der Waals surface area contributed by atoms with Crippen LogP contribution < -0.4 is 15.4 Å². The summed E-state index contributed by atoms with van der Waals surface area (Å²) in [7, 11) is 2.01. The summed E-state index contributed by atoms with van der Waals surface area (Å²) in [5.41, 5.74) is 11.7. The summed E-state index contributed by atoms with van der Waals surface area (Å²) in [5.74, 6) is 0.633. The second-order valence-electron chi connectivity index (χ2n) is 7.29. The van der Waals surface area contributed by atoms with Crippen LogP contribution in [0, 0.1) is 0 Å². The van der Waals surface area contributed by atoms with Gasteiger partial charge in [-0.05, 0) is 42.3 Å². The van der Waals surface area contributed by atoms with E-state index in [0.717, 1.165) is 35.3 Å². The van der Waals surface area contributed by atoms with Gasteiger partial charge >= 0.3 is 0 Å². The molecular formula is C22H21N3OS. The van der Waals surface area contributed by atoms with E-state index in [0.29, 0.717) is 5.88 Å². The lowest BCUT2D eigenvalue weighted by molar-refractivity contribution is 0.253. The zero-order valence-electron chi connectivity index (χ0n) is 15.2. The molecule has 1 aliphatic heterocycles. The van der Waals surface area contributed by atoms with Gasteiger partial charge in [0.05, 0.1) is 5.69 Å². The molecular weight excluding hydrogens is 354 g/mol. The third kappa shape index (κ3) is 2.74. The average Bonchev–Trinajstić information content (AvgIpc) is 3.20. The van der Waals surface area contributed by atoms with Crippen molar-refractivity contribution in [3.05, 3.63) is 65.9 Å². The molecule has 1 aromatic carbocycles. The summed E-state index contributed by atoms with van der Waals surface area (Å²) in [6.07, 6.45) is 6.91. The minimum atomic E-state index is -0.144. The van der Waals surface area contributed by atoms with E-state index in [4.69, 9.17) is 15.5 Å². The Morgan fingerprint density at radius 1 is 1.19 bits per heavy atom. The maximum atomic E-state index is 6.48. The first-order valence-corrected chi connectivity index (χ1v) is 10.1. The number of hydrogen-bond donors (Lipinski definition) is 1. The molecule has 0 amide bonds. The van der Waals surface area contributed by atoms with Crippen LogP contribution in [0.25, 0.3) is 21.7 Å². The number of pyridine rings is 1. The number of ether oxygens (including phenoxy) is 1. The van der Waals surface area contributed by atoms with E-state index in [9.17, 15) is 0 Å². The van der Waals surface area contributed by atoms with Gasteiger partial charge in [-0.1, -0.05) is 30.3 Å². The molecule has 0 saturated heterocycles. The van der Waals surface area contributed by atoms with Gasteiger partial charge in [-0.3, -0.25) is 0 Å². The molecule has 2 aromatic heterocycles. The fraction of sp³-hybridized carbons (Fsp3) is 0.227. The number of hydrogen-bond acceptors (Lipinski definition) is 5.